The zero-order valence-corrected chi connectivity index (χ0v) is 20.2. The lowest BCUT2D eigenvalue weighted by molar-refractivity contribution is -0.122. The standard InChI is InChI=1S/C26H21Cl2NO5/c1-14-12-22-18(13-20(14)28)23(30)25(24(34-22)16-8-10-17(32-3)11-9-16)33-15(2)26(31)29-21-7-5-4-6-19(21)27/h4-13,15H,1-3H3,(H,29,31). The molecule has 4 aromatic rings. The molecule has 1 amide bonds. The second-order valence-corrected chi connectivity index (χ2v) is 8.46. The molecule has 0 saturated carbocycles. The van der Waals surface area contributed by atoms with Gasteiger partial charge in [0.05, 0.1) is 23.2 Å². The van der Waals surface area contributed by atoms with E-state index in [1.54, 1.807) is 61.7 Å². The first kappa shape index (κ1) is 23.7. The first-order valence-corrected chi connectivity index (χ1v) is 11.2. The van der Waals surface area contributed by atoms with Crippen LogP contribution in [-0.4, -0.2) is 19.1 Å². The Bertz CT molecular complexity index is 1430. The molecule has 0 radical (unpaired) electrons. The summed E-state index contributed by atoms with van der Waals surface area (Å²) in [7, 11) is 1.56. The van der Waals surface area contributed by atoms with Gasteiger partial charge in [-0.05, 0) is 67.9 Å². The number of methoxy groups -OCH3 is 1. The lowest BCUT2D eigenvalue weighted by Gasteiger charge is -2.17. The summed E-state index contributed by atoms with van der Waals surface area (Å²) in [5.41, 5.74) is 1.71. The molecule has 0 aliphatic carbocycles. The Morgan fingerprint density at radius 2 is 1.74 bits per heavy atom. The van der Waals surface area contributed by atoms with Crippen molar-refractivity contribution in [1.29, 1.82) is 0 Å². The van der Waals surface area contributed by atoms with E-state index in [9.17, 15) is 9.59 Å². The molecule has 1 heterocycles. The van der Waals surface area contributed by atoms with Gasteiger partial charge in [0.15, 0.2) is 11.9 Å². The number of hydrogen-bond acceptors (Lipinski definition) is 5. The van der Waals surface area contributed by atoms with Crippen LogP contribution in [0.2, 0.25) is 10.0 Å². The van der Waals surface area contributed by atoms with Crippen molar-refractivity contribution in [1.82, 2.24) is 0 Å². The summed E-state index contributed by atoms with van der Waals surface area (Å²) < 4.78 is 17.2. The molecule has 0 aliphatic heterocycles. The maximum absolute atomic E-state index is 13.5. The molecule has 174 valence electrons. The van der Waals surface area contributed by atoms with Crippen LogP contribution in [0.15, 0.2) is 69.9 Å². The van der Waals surface area contributed by atoms with E-state index in [1.165, 1.54) is 13.0 Å². The summed E-state index contributed by atoms with van der Waals surface area (Å²) >= 11 is 12.4. The molecule has 8 heteroatoms. The zero-order valence-electron chi connectivity index (χ0n) is 18.6. The Hall–Kier alpha value is -3.48. The smallest absolute Gasteiger partial charge is 0.265 e. The third kappa shape index (κ3) is 4.74. The number of carbonyl (C=O) groups excluding carboxylic acids is 1. The van der Waals surface area contributed by atoms with E-state index >= 15 is 0 Å². The number of amides is 1. The number of benzene rings is 3. The summed E-state index contributed by atoms with van der Waals surface area (Å²) in [6.45, 7) is 3.36. The Morgan fingerprint density at radius 3 is 2.41 bits per heavy atom. The molecule has 1 aromatic heterocycles. The minimum Gasteiger partial charge on any atom is -0.497 e. The molecular formula is C26H21Cl2NO5. The van der Waals surface area contributed by atoms with Crippen molar-refractivity contribution >= 4 is 45.8 Å². The molecule has 4 rings (SSSR count). The highest BCUT2D eigenvalue weighted by molar-refractivity contribution is 6.33. The molecule has 3 aromatic carbocycles. The monoisotopic (exact) mass is 497 g/mol. The first-order valence-electron chi connectivity index (χ1n) is 10.4. The van der Waals surface area contributed by atoms with Gasteiger partial charge in [-0.15, -0.1) is 0 Å². The molecule has 6 nitrogen and oxygen atoms in total. The van der Waals surface area contributed by atoms with Gasteiger partial charge in [0.2, 0.25) is 11.2 Å². The quantitative estimate of drug-likeness (QED) is 0.329. The summed E-state index contributed by atoms with van der Waals surface area (Å²) in [4.78, 5) is 26.3. The van der Waals surface area contributed by atoms with Gasteiger partial charge in [-0.1, -0.05) is 35.3 Å². The molecule has 0 aliphatic rings. The van der Waals surface area contributed by atoms with Crippen LogP contribution in [0.5, 0.6) is 11.5 Å². The van der Waals surface area contributed by atoms with E-state index in [2.05, 4.69) is 5.32 Å². The molecule has 0 saturated heterocycles. The highest BCUT2D eigenvalue weighted by Gasteiger charge is 2.24. The molecule has 1 unspecified atom stereocenters. The molecule has 0 bridgehead atoms. The van der Waals surface area contributed by atoms with Crippen LogP contribution in [0.1, 0.15) is 12.5 Å². The van der Waals surface area contributed by atoms with Gasteiger partial charge in [0, 0.05) is 10.6 Å². The fourth-order valence-electron chi connectivity index (χ4n) is 3.37. The number of ether oxygens (including phenoxy) is 2. The topological polar surface area (TPSA) is 77.8 Å². The molecule has 1 atom stereocenters. The minimum atomic E-state index is -1.03. The van der Waals surface area contributed by atoms with E-state index in [0.717, 1.165) is 5.56 Å². The molecule has 0 spiro atoms. The number of rotatable bonds is 6. The van der Waals surface area contributed by atoms with E-state index in [-0.39, 0.29) is 16.9 Å². The fourth-order valence-corrected chi connectivity index (χ4v) is 3.71. The summed E-state index contributed by atoms with van der Waals surface area (Å²) in [6, 6.07) is 17.0. The fraction of sp³-hybridized carbons (Fsp3) is 0.154. The van der Waals surface area contributed by atoms with Crippen LogP contribution in [0.3, 0.4) is 0 Å². The van der Waals surface area contributed by atoms with Crippen molar-refractivity contribution < 1.29 is 18.7 Å². The van der Waals surface area contributed by atoms with E-state index in [4.69, 9.17) is 37.1 Å². The maximum atomic E-state index is 13.5. The maximum Gasteiger partial charge on any atom is 0.265 e. The van der Waals surface area contributed by atoms with E-state index in [1.807, 2.05) is 6.92 Å². The highest BCUT2D eigenvalue weighted by Crippen LogP contribution is 2.34. The number of halogens is 2. The number of aryl methyl sites for hydroxylation is 1. The average Bonchev–Trinajstić information content (AvgIpc) is 2.83. The van der Waals surface area contributed by atoms with Crippen molar-refractivity contribution in [2.75, 3.05) is 12.4 Å². The largest absolute Gasteiger partial charge is 0.497 e. The van der Waals surface area contributed by atoms with Gasteiger partial charge in [-0.25, -0.2) is 0 Å². The highest BCUT2D eigenvalue weighted by atomic mass is 35.5. The number of hydrogen-bond donors (Lipinski definition) is 1. The van der Waals surface area contributed by atoms with Gasteiger partial charge >= 0.3 is 0 Å². The minimum absolute atomic E-state index is 0.0978. The molecule has 0 fully saturated rings. The Balaban J connectivity index is 1.78. The Kier molecular flexibility index (Phi) is 6.82. The number of fused-ring (bicyclic) bond motifs is 1. The summed E-state index contributed by atoms with van der Waals surface area (Å²) in [5, 5.41) is 3.77. The summed E-state index contributed by atoms with van der Waals surface area (Å²) in [6.07, 6.45) is -1.03. The normalized spacial score (nSPS) is 11.8. The number of carbonyl (C=O) groups is 1. The number of para-hydroxylation sites is 1. The van der Waals surface area contributed by atoms with Crippen LogP contribution in [-0.2, 0) is 4.79 Å². The third-order valence-corrected chi connectivity index (χ3v) is 6.01. The Labute approximate surface area is 206 Å². The van der Waals surface area contributed by atoms with Crippen LogP contribution >= 0.6 is 23.2 Å². The summed E-state index contributed by atoms with van der Waals surface area (Å²) in [5.74, 6) is 0.262. The SMILES string of the molecule is COc1ccc(-c2oc3cc(C)c(Cl)cc3c(=O)c2OC(C)C(=O)Nc2ccccc2Cl)cc1. The molecule has 34 heavy (non-hydrogen) atoms. The van der Waals surface area contributed by atoms with Crippen molar-refractivity contribution in [2.45, 2.75) is 20.0 Å². The van der Waals surface area contributed by atoms with Gasteiger partial charge < -0.3 is 19.2 Å². The average molecular weight is 498 g/mol. The van der Waals surface area contributed by atoms with Crippen LogP contribution < -0.4 is 20.2 Å². The van der Waals surface area contributed by atoms with Gasteiger partial charge in [-0.3, -0.25) is 9.59 Å². The van der Waals surface area contributed by atoms with Crippen LogP contribution in [0.4, 0.5) is 5.69 Å². The molecule has 1 N–H and O–H groups in total. The van der Waals surface area contributed by atoms with Crippen molar-refractivity contribution in [3.63, 3.8) is 0 Å². The van der Waals surface area contributed by atoms with Crippen molar-refractivity contribution in [3.8, 4) is 22.8 Å². The third-order valence-electron chi connectivity index (χ3n) is 5.28. The second kappa shape index (κ2) is 9.79. The lowest BCUT2D eigenvalue weighted by atomic mass is 10.1. The van der Waals surface area contributed by atoms with E-state index in [0.29, 0.717) is 32.6 Å². The van der Waals surface area contributed by atoms with Crippen LogP contribution in [0, 0.1) is 6.92 Å². The van der Waals surface area contributed by atoms with Crippen LogP contribution in [0.25, 0.3) is 22.3 Å². The number of anilines is 1. The molecular weight excluding hydrogens is 477 g/mol. The van der Waals surface area contributed by atoms with Gasteiger partial charge in [-0.2, -0.15) is 0 Å². The van der Waals surface area contributed by atoms with Crippen molar-refractivity contribution in [3.05, 3.63) is 86.5 Å². The predicted octanol–water partition coefficient (Wildman–Crippen LogP) is 6.49. The second-order valence-electron chi connectivity index (χ2n) is 7.64. The van der Waals surface area contributed by atoms with E-state index < -0.39 is 17.4 Å². The number of nitrogens with one attached hydrogen (secondary N) is 1. The van der Waals surface area contributed by atoms with Crippen molar-refractivity contribution in [2.24, 2.45) is 0 Å². The zero-order chi connectivity index (χ0) is 24.4. The lowest BCUT2D eigenvalue weighted by Crippen LogP contribution is -2.32. The van der Waals surface area contributed by atoms with Gasteiger partial charge in [0.25, 0.3) is 5.91 Å². The van der Waals surface area contributed by atoms with Gasteiger partial charge in [0.1, 0.15) is 11.3 Å². The first-order chi connectivity index (χ1) is 16.3. The Morgan fingerprint density at radius 1 is 1.03 bits per heavy atom. The predicted molar refractivity (Wildman–Crippen MR) is 134 cm³/mol.